The van der Waals surface area contributed by atoms with Gasteiger partial charge >= 0.3 is 25.9 Å². The molecule has 0 radical (unpaired) electrons. The SMILES string of the molecule is C=CC(=O)OC.C[P+](=O)n1cc(-c2ccncc2)cc1C=O.N#CNC(=O)/C=C/c1cc(-c2ccncc2)c[nH]1.O=C(/C=C/c1cc(-c2ccncc2)c[nH]1)n1ccnc1.O=C(O)/C=C/c1cc(-c2ccncc2)c[nH]1.O=C(n1ccnc1)n1ccnc1. The zero-order chi connectivity index (χ0) is 62.9. The number of imidazole rings is 3. The number of aliphatic carboxylic acids is 1. The first-order valence-electron chi connectivity index (χ1n) is 25.7. The number of aromatic nitrogens is 14. The Morgan fingerprint density at radius 2 is 0.977 bits per heavy atom. The molecule has 1 atom stereocenters. The van der Waals surface area contributed by atoms with Gasteiger partial charge < -0.3 is 24.8 Å². The average Bonchev–Trinajstić information content (AvgIpc) is 3.88. The fourth-order valence-electron chi connectivity index (χ4n) is 7.18. The maximum atomic E-state index is 11.8. The number of nitriles is 1. The third-order valence-electron chi connectivity index (χ3n) is 11.4. The van der Waals surface area contributed by atoms with Crippen LogP contribution >= 0.6 is 7.95 Å². The Morgan fingerprint density at radius 3 is 1.31 bits per heavy atom. The summed E-state index contributed by atoms with van der Waals surface area (Å²) in [6.07, 6.45) is 47.0. The Balaban J connectivity index is 0.000000173. The van der Waals surface area contributed by atoms with E-state index < -0.39 is 25.8 Å². The number of nitrogens with one attached hydrogen (secondary N) is 4. The molecule has 1 amide bonds. The van der Waals surface area contributed by atoms with Crippen LogP contribution < -0.4 is 5.32 Å². The summed E-state index contributed by atoms with van der Waals surface area (Å²) in [5, 5.41) is 18.8. The molecule has 0 spiro atoms. The van der Waals surface area contributed by atoms with E-state index in [0.29, 0.717) is 12.0 Å². The molecule has 26 heteroatoms. The highest BCUT2D eigenvalue weighted by molar-refractivity contribution is 7.42. The third-order valence-corrected chi connectivity index (χ3v) is 12.4. The van der Waals surface area contributed by atoms with Gasteiger partial charge in [-0.25, -0.2) is 29.3 Å². The molecular weight excluding hydrogens is 1140 g/mol. The van der Waals surface area contributed by atoms with Crippen LogP contribution in [-0.2, 0) is 23.7 Å². The van der Waals surface area contributed by atoms with Gasteiger partial charge in [-0.05, 0) is 135 Å². The van der Waals surface area contributed by atoms with E-state index in [2.05, 4.69) is 61.2 Å². The van der Waals surface area contributed by atoms with Crippen LogP contribution in [0.2, 0.25) is 0 Å². The van der Waals surface area contributed by atoms with Gasteiger partial charge in [0.25, 0.3) is 11.8 Å². The van der Waals surface area contributed by atoms with Crippen LogP contribution in [0.3, 0.4) is 0 Å². The number of carboxylic acid groups (broad SMARTS) is 1. The summed E-state index contributed by atoms with van der Waals surface area (Å²) >= 11 is 0. The molecule has 0 aliphatic carbocycles. The number of ether oxygens (including phenoxy) is 1. The number of hydrogen-bond donors (Lipinski definition) is 5. The van der Waals surface area contributed by atoms with E-state index in [1.54, 1.807) is 124 Å². The number of pyridine rings is 4. The molecule has 1 unspecified atom stereocenters. The second-order valence-corrected chi connectivity index (χ2v) is 18.6. The number of methoxy groups -OCH3 is 1. The minimum Gasteiger partial charge on any atom is -0.478 e. The molecule has 0 saturated carbocycles. The number of aldehydes is 1. The van der Waals surface area contributed by atoms with E-state index in [1.807, 2.05) is 90.6 Å². The molecule has 0 bridgehead atoms. The number of carbonyl (C=O) groups excluding carboxylic acids is 5. The lowest BCUT2D eigenvalue weighted by molar-refractivity contribution is -0.135. The number of H-pyrrole nitrogens is 3. The largest absolute Gasteiger partial charge is 0.478 e. The van der Waals surface area contributed by atoms with E-state index in [9.17, 15) is 33.3 Å². The number of hydrogen-bond acceptors (Lipinski definition) is 16. The number of rotatable bonds is 13. The summed E-state index contributed by atoms with van der Waals surface area (Å²) in [5.74, 6) is -1.94. The van der Waals surface area contributed by atoms with Gasteiger partial charge in [-0.1, -0.05) is 6.58 Å². The number of amides is 1. The Labute approximate surface area is 503 Å². The van der Waals surface area contributed by atoms with Crippen molar-refractivity contribution in [2.45, 2.75) is 0 Å². The molecule has 11 aromatic heterocycles. The quantitative estimate of drug-likeness (QED) is 0.0179. The van der Waals surface area contributed by atoms with Crippen molar-refractivity contribution in [1.82, 2.24) is 73.2 Å². The van der Waals surface area contributed by atoms with E-state index in [0.717, 1.165) is 73.7 Å². The number of esters is 1. The highest BCUT2D eigenvalue weighted by Gasteiger charge is 2.17. The molecule has 0 aromatic carbocycles. The van der Waals surface area contributed by atoms with Crippen LogP contribution in [0.1, 0.15) is 32.4 Å². The Bertz CT molecular complexity index is 4090. The maximum absolute atomic E-state index is 11.8. The van der Waals surface area contributed by atoms with Gasteiger partial charge in [-0.2, -0.15) is 5.26 Å². The Kier molecular flexibility index (Phi) is 25.4. The van der Waals surface area contributed by atoms with Crippen LogP contribution in [0.15, 0.2) is 234 Å². The third kappa shape index (κ3) is 20.9. The zero-order valence-corrected chi connectivity index (χ0v) is 47.8. The lowest BCUT2D eigenvalue weighted by Gasteiger charge is -1.98. The van der Waals surface area contributed by atoms with E-state index in [4.69, 9.17) is 10.4 Å². The number of aromatic amines is 3. The molecule has 88 heavy (non-hydrogen) atoms. The van der Waals surface area contributed by atoms with Gasteiger partial charge in [0.2, 0.25) is 0 Å². The van der Waals surface area contributed by atoms with Crippen LogP contribution in [0, 0.1) is 11.5 Å². The lowest BCUT2D eigenvalue weighted by atomic mass is 10.1. The van der Waals surface area contributed by atoms with Gasteiger partial charge in [0.1, 0.15) is 24.7 Å². The molecule has 5 N–H and O–H groups in total. The van der Waals surface area contributed by atoms with Crippen LogP contribution in [0.25, 0.3) is 62.7 Å². The second kappa shape index (κ2) is 34.7. The fourth-order valence-corrected chi connectivity index (χ4v) is 7.90. The van der Waals surface area contributed by atoms with E-state index in [-0.39, 0.29) is 11.9 Å². The van der Waals surface area contributed by atoms with E-state index in [1.165, 1.54) is 62.4 Å². The molecule has 25 nitrogen and oxygen atoms in total. The first-order valence-corrected chi connectivity index (χ1v) is 27.4. The first kappa shape index (κ1) is 64.5. The molecule has 0 aliphatic rings. The van der Waals surface area contributed by atoms with Crippen molar-refractivity contribution in [3.63, 3.8) is 0 Å². The summed E-state index contributed by atoms with van der Waals surface area (Å²) < 4.78 is 21.2. The first-order chi connectivity index (χ1) is 42.8. The zero-order valence-electron chi connectivity index (χ0n) is 46.9. The molecule has 11 heterocycles. The Hall–Kier alpha value is -12.7. The van der Waals surface area contributed by atoms with Crippen molar-refractivity contribution < 1.29 is 43.2 Å². The lowest BCUT2D eigenvalue weighted by Crippen LogP contribution is -2.15. The van der Waals surface area contributed by atoms with Crippen molar-refractivity contribution in [2.24, 2.45) is 0 Å². The smallest absolute Gasteiger partial charge is 0.463 e. The summed E-state index contributed by atoms with van der Waals surface area (Å²) in [6, 6.07) is 22.5. The average molecular weight is 1200 g/mol. The van der Waals surface area contributed by atoms with Gasteiger partial charge in [0.05, 0.1) is 13.3 Å². The van der Waals surface area contributed by atoms with Crippen molar-refractivity contribution in [2.75, 3.05) is 13.8 Å². The summed E-state index contributed by atoms with van der Waals surface area (Å²) in [6.45, 7) is 4.73. The van der Waals surface area contributed by atoms with Crippen LogP contribution in [0.5, 0.6) is 0 Å². The molecule has 0 saturated heterocycles. The van der Waals surface area contributed by atoms with Crippen molar-refractivity contribution >= 4 is 62.3 Å². The van der Waals surface area contributed by atoms with Crippen molar-refractivity contribution in [3.05, 3.63) is 257 Å². The number of carbonyl (C=O) groups is 6. The van der Waals surface area contributed by atoms with Crippen LogP contribution in [-0.4, -0.2) is 123 Å². The fraction of sp³-hybridized carbons (Fsp3) is 0.0323. The molecule has 0 fully saturated rings. The standard InChI is InChI=1S/C15H12N4O.C13H10N4O.C12H10N2O2.C11H10N2O2P.C7H6N4O.C4H6O2/c20-15(19-8-7-17-11-19)2-1-14-9-13(10-18-14)12-3-5-16-6-4-12;14-9-17-13(18)2-1-12-7-11(8-16-12)10-3-5-15-6-4-10;15-12(16)2-1-11-7-10(8-14-11)9-3-5-13-6-4-9;1-16(15)13-7-10(6-11(13)8-14)9-2-4-12-5-3-9;12-7(10-3-1-8-5-10)11-4-2-9-6-11;1-3-4(5)6-2/h1-11,18H;1-8,16H,(H,17,18);1-8,14H,(H,15,16);2-8H,1H3;1-6H;3H,1H2,2H3/q;;;+1;;/b3*2-1+;;;. The van der Waals surface area contributed by atoms with Gasteiger partial charge in [-0.3, -0.25) is 53.3 Å². The minimum atomic E-state index is -1.57. The number of carboxylic acids is 1. The van der Waals surface area contributed by atoms with Gasteiger partial charge in [0, 0.05) is 152 Å². The molecular formula is C62H54N16O9P+. The Morgan fingerprint density at radius 1 is 0.580 bits per heavy atom. The van der Waals surface area contributed by atoms with Gasteiger partial charge in [-0.15, -0.1) is 4.34 Å². The molecule has 440 valence electrons. The highest BCUT2D eigenvalue weighted by atomic mass is 31.1. The number of nitrogens with zero attached hydrogens (tertiary/aromatic N) is 12. The predicted octanol–water partition coefficient (Wildman–Crippen LogP) is 10.0. The van der Waals surface area contributed by atoms with Crippen LogP contribution in [0.4, 0.5) is 4.79 Å². The summed E-state index contributed by atoms with van der Waals surface area (Å²) in [4.78, 5) is 102. The normalized spacial score (nSPS) is 10.4. The van der Waals surface area contributed by atoms with Gasteiger partial charge in [0.15, 0.2) is 19.1 Å². The van der Waals surface area contributed by atoms with Crippen molar-refractivity contribution in [1.29, 1.82) is 5.26 Å². The molecule has 11 aromatic rings. The molecule has 11 rings (SSSR count). The summed E-state index contributed by atoms with van der Waals surface area (Å²) in [5.41, 5.74) is 10.9. The highest BCUT2D eigenvalue weighted by Crippen LogP contribution is 2.29. The summed E-state index contributed by atoms with van der Waals surface area (Å²) in [7, 11) is -0.262. The molecule has 0 aliphatic heterocycles. The number of allylic oxidation sites excluding steroid dienone is 1. The minimum absolute atomic E-state index is 0.137. The monoisotopic (exact) mass is 1200 g/mol. The predicted molar refractivity (Wildman–Crippen MR) is 328 cm³/mol. The maximum Gasteiger partial charge on any atom is 0.463 e. The topological polar surface area (TPSA) is 342 Å². The van der Waals surface area contributed by atoms with E-state index >= 15 is 0 Å². The van der Waals surface area contributed by atoms with Crippen molar-refractivity contribution in [3.8, 4) is 50.7 Å². The second-order valence-electron chi connectivity index (χ2n) is 17.3.